The zero-order valence-electron chi connectivity index (χ0n) is 11.2. The van der Waals surface area contributed by atoms with E-state index in [-0.39, 0.29) is 5.84 Å². The van der Waals surface area contributed by atoms with Gasteiger partial charge in [-0.2, -0.15) is 0 Å². The maximum atomic E-state index is 8.80. The lowest BCUT2D eigenvalue weighted by atomic mass is 10.0. The summed E-state index contributed by atoms with van der Waals surface area (Å²) in [5.41, 5.74) is 7.31. The lowest BCUT2D eigenvalue weighted by Gasteiger charge is -2.19. The van der Waals surface area contributed by atoms with E-state index in [2.05, 4.69) is 15.0 Å². The maximum Gasteiger partial charge on any atom is 0.170 e. The topological polar surface area (TPSA) is 74.7 Å². The second-order valence-electron chi connectivity index (χ2n) is 5.70. The minimum atomic E-state index is 0.145. The summed E-state index contributed by atoms with van der Waals surface area (Å²) < 4.78 is 0. The molecule has 2 aliphatic rings. The van der Waals surface area contributed by atoms with Crippen LogP contribution in [0.2, 0.25) is 0 Å². The highest BCUT2D eigenvalue weighted by atomic mass is 16.4. The van der Waals surface area contributed by atoms with Crippen molar-refractivity contribution >= 4 is 11.7 Å². The standard InChI is InChI=1S/C14H20N4O/c1-9-5-12(14(15)17-19)6-13(16-9)18-7-10-3-2-4-11(10)8-18/h5-6,10-11,19H,2-4,7-8H2,1H3,(H2,15,17). The van der Waals surface area contributed by atoms with Crippen LogP contribution in [0.1, 0.15) is 30.5 Å². The van der Waals surface area contributed by atoms with Gasteiger partial charge in [0.1, 0.15) is 5.82 Å². The molecule has 0 radical (unpaired) electrons. The van der Waals surface area contributed by atoms with Gasteiger partial charge < -0.3 is 15.8 Å². The van der Waals surface area contributed by atoms with E-state index in [1.54, 1.807) is 0 Å². The summed E-state index contributed by atoms with van der Waals surface area (Å²) in [6.07, 6.45) is 4.07. The van der Waals surface area contributed by atoms with Gasteiger partial charge in [0.25, 0.3) is 0 Å². The molecular weight excluding hydrogens is 240 g/mol. The van der Waals surface area contributed by atoms with Crippen LogP contribution < -0.4 is 10.6 Å². The summed E-state index contributed by atoms with van der Waals surface area (Å²) in [6, 6.07) is 3.76. The normalized spacial score (nSPS) is 26.8. The summed E-state index contributed by atoms with van der Waals surface area (Å²) in [5.74, 6) is 2.76. The number of fused-ring (bicyclic) bond motifs is 1. The van der Waals surface area contributed by atoms with Crippen LogP contribution in [-0.4, -0.2) is 29.1 Å². The molecule has 1 aliphatic heterocycles. The van der Waals surface area contributed by atoms with Crippen molar-refractivity contribution in [3.8, 4) is 0 Å². The average molecular weight is 260 g/mol. The molecule has 1 aromatic rings. The second kappa shape index (κ2) is 4.72. The predicted octanol–water partition coefficient (Wildman–Crippen LogP) is 1.72. The summed E-state index contributed by atoms with van der Waals surface area (Å²) in [5, 5.41) is 11.9. The number of anilines is 1. The van der Waals surface area contributed by atoms with Gasteiger partial charge in [-0.3, -0.25) is 0 Å². The van der Waals surface area contributed by atoms with Crippen molar-refractivity contribution in [3.05, 3.63) is 23.4 Å². The maximum absolute atomic E-state index is 8.80. The molecule has 1 aromatic heterocycles. The lowest BCUT2D eigenvalue weighted by Crippen LogP contribution is -2.23. The van der Waals surface area contributed by atoms with Crippen LogP contribution >= 0.6 is 0 Å². The Balaban J connectivity index is 1.87. The van der Waals surface area contributed by atoms with E-state index < -0.39 is 0 Å². The van der Waals surface area contributed by atoms with Gasteiger partial charge in [0.05, 0.1) is 0 Å². The largest absolute Gasteiger partial charge is 0.409 e. The Morgan fingerprint density at radius 2 is 2.05 bits per heavy atom. The van der Waals surface area contributed by atoms with Gasteiger partial charge in [-0.1, -0.05) is 11.6 Å². The van der Waals surface area contributed by atoms with Crippen LogP contribution in [0.3, 0.4) is 0 Å². The quantitative estimate of drug-likeness (QED) is 0.367. The Labute approximate surface area is 113 Å². The monoisotopic (exact) mass is 260 g/mol. The molecule has 2 heterocycles. The highest BCUT2D eigenvalue weighted by molar-refractivity contribution is 5.97. The molecule has 0 amide bonds. The molecule has 2 atom stereocenters. The molecule has 0 spiro atoms. The van der Waals surface area contributed by atoms with Gasteiger partial charge in [0, 0.05) is 24.3 Å². The van der Waals surface area contributed by atoms with Crippen LogP contribution in [-0.2, 0) is 0 Å². The number of hydrogen-bond donors (Lipinski definition) is 2. The van der Waals surface area contributed by atoms with Crippen molar-refractivity contribution in [2.45, 2.75) is 26.2 Å². The molecule has 0 aromatic carbocycles. The Hall–Kier alpha value is -1.78. The minimum absolute atomic E-state index is 0.145. The van der Waals surface area contributed by atoms with Crippen LogP contribution in [0.25, 0.3) is 0 Å². The number of oxime groups is 1. The van der Waals surface area contributed by atoms with E-state index in [4.69, 9.17) is 10.9 Å². The minimum Gasteiger partial charge on any atom is -0.409 e. The van der Waals surface area contributed by atoms with Gasteiger partial charge in [-0.05, 0) is 43.7 Å². The summed E-state index contributed by atoms with van der Waals surface area (Å²) in [6.45, 7) is 4.13. The van der Waals surface area contributed by atoms with E-state index in [9.17, 15) is 0 Å². The van der Waals surface area contributed by atoms with Crippen LogP contribution in [0.5, 0.6) is 0 Å². The lowest BCUT2D eigenvalue weighted by molar-refractivity contribution is 0.318. The third-order valence-electron chi connectivity index (χ3n) is 4.39. The first-order valence-electron chi connectivity index (χ1n) is 6.89. The Morgan fingerprint density at radius 3 is 2.68 bits per heavy atom. The number of rotatable bonds is 2. The third-order valence-corrected chi connectivity index (χ3v) is 4.39. The molecule has 3 N–H and O–H groups in total. The number of amidine groups is 1. The number of aromatic nitrogens is 1. The zero-order chi connectivity index (χ0) is 13.4. The molecule has 1 saturated carbocycles. The van der Waals surface area contributed by atoms with Crippen LogP contribution in [0, 0.1) is 18.8 Å². The molecular formula is C14H20N4O. The molecule has 1 saturated heterocycles. The van der Waals surface area contributed by atoms with Crippen LogP contribution in [0.4, 0.5) is 5.82 Å². The van der Waals surface area contributed by atoms with Crippen molar-refractivity contribution in [1.29, 1.82) is 0 Å². The first-order chi connectivity index (χ1) is 9.17. The molecule has 0 bridgehead atoms. The fourth-order valence-corrected chi connectivity index (χ4v) is 3.44. The van der Waals surface area contributed by atoms with Crippen molar-refractivity contribution in [1.82, 2.24) is 4.98 Å². The number of aryl methyl sites for hydroxylation is 1. The first kappa shape index (κ1) is 12.3. The Morgan fingerprint density at radius 1 is 1.37 bits per heavy atom. The molecule has 3 rings (SSSR count). The number of hydrogen-bond acceptors (Lipinski definition) is 4. The Bertz CT molecular complexity index is 502. The number of pyridine rings is 1. The molecule has 19 heavy (non-hydrogen) atoms. The fourth-order valence-electron chi connectivity index (χ4n) is 3.44. The van der Waals surface area contributed by atoms with Crippen molar-refractivity contribution < 1.29 is 5.21 Å². The SMILES string of the molecule is Cc1cc(/C(N)=N/O)cc(N2CC3CCCC3C2)n1. The first-order valence-corrected chi connectivity index (χ1v) is 6.89. The van der Waals surface area contributed by atoms with E-state index in [1.807, 2.05) is 19.1 Å². The molecule has 5 nitrogen and oxygen atoms in total. The predicted molar refractivity (Wildman–Crippen MR) is 74.5 cm³/mol. The van der Waals surface area contributed by atoms with Crippen LogP contribution in [0.15, 0.2) is 17.3 Å². The molecule has 1 aliphatic carbocycles. The molecule has 102 valence electrons. The smallest absolute Gasteiger partial charge is 0.170 e. The number of nitrogens with two attached hydrogens (primary N) is 1. The molecule has 2 unspecified atom stereocenters. The average Bonchev–Trinajstić information content (AvgIpc) is 2.97. The van der Waals surface area contributed by atoms with Gasteiger partial charge in [0.15, 0.2) is 5.84 Å². The van der Waals surface area contributed by atoms with Gasteiger partial charge >= 0.3 is 0 Å². The van der Waals surface area contributed by atoms with Gasteiger partial charge in [-0.25, -0.2) is 4.98 Å². The zero-order valence-corrected chi connectivity index (χ0v) is 11.2. The second-order valence-corrected chi connectivity index (χ2v) is 5.70. The fraction of sp³-hybridized carbons (Fsp3) is 0.571. The summed E-state index contributed by atoms with van der Waals surface area (Å²) in [4.78, 5) is 6.94. The van der Waals surface area contributed by atoms with Crippen molar-refractivity contribution in [2.75, 3.05) is 18.0 Å². The summed E-state index contributed by atoms with van der Waals surface area (Å²) >= 11 is 0. The highest BCUT2D eigenvalue weighted by Gasteiger charge is 2.36. The van der Waals surface area contributed by atoms with Crippen molar-refractivity contribution in [3.63, 3.8) is 0 Å². The highest BCUT2D eigenvalue weighted by Crippen LogP contribution is 2.39. The summed E-state index contributed by atoms with van der Waals surface area (Å²) in [7, 11) is 0. The van der Waals surface area contributed by atoms with Crippen molar-refractivity contribution in [2.24, 2.45) is 22.7 Å². The Kier molecular flexibility index (Phi) is 3.05. The van der Waals surface area contributed by atoms with Gasteiger partial charge in [0.2, 0.25) is 0 Å². The third kappa shape index (κ3) is 2.25. The van der Waals surface area contributed by atoms with Gasteiger partial charge in [-0.15, -0.1) is 0 Å². The van der Waals surface area contributed by atoms with E-state index in [0.29, 0.717) is 0 Å². The van der Waals surface area contributed by atoms with E-state index in [1.165, 1.54) is 19.3 Å². The van der Waals surface area contributed by atoms with E-state index in [0.717, 1.165) is 42.0 Å². The number of nitrogens with zero attached hydrogens (tertiary/aromatic N) is 3. The van der Waals surface area contributed by atoms with E-state index >= 15 is 0 Å². The molecule has 2 fully saturated rings. The molecule has 5 heteroatoms.